The van der Waals surface area contributed by atoms with Gasteiger partial charge in [-0.1, -0.05) is 23.2 Å². The van der Waals surface area contributed by atoms with Crippen LogP contribution in [-0.2, 0) is 0 Å². The van der Waals surface area contributed by atoms with Crippen LogP contribution in [0.1, 0.15) is 0 Å². The van der Waals surface area contributed by atoms with Crippen molar-refractivity contribution in [3.63, 3.8) is 0 Å². The molecule has 0 spiro atoms. The molecule has 0 atom stereocenters. The number of nitrogens with zero attached hydrogens (tertiary/aromatic N) is 2. The first-order chi connectivity index (χ1) is 8.24. The maximum atomic E-state index is 5.76. The molecule has 0 fully saturated rings. The molecule has 0 aliphatic rings. The van der Waals surface area contributed by atoms with Gasteiger partial charge in [0.2, 0.25) is 0 Å². The van der Waals surface area contributed by atoms with Crippen molar-refractivity contribution in [2.24, 2.45) is 0 Å². The van der Waals surface area contributed by atoms with E-state index in [-0.39, 0.29) is 0 Å². The minimum absolute atomic E-state index is 0.434. The van der Waals surface area contributed by atoms with Crippen molar-refractivity contribution < 1.29 is 4.74 Å². The van der Waals surface area contributed by atoms with E-state index >= 15 is 0 Å². The first-order valence-corrected chi connectivity index (χ1v) is 6.47. The summed E-state index contributed by atoms with van der Waals surface area (Å²) in [7, 11) is 0. The van der Waals surface area contributed by atoms with Gasteiger partial charge in [-0.05, 0) is 36.0 Å². The average molecular weight is 287 g/mol. The fourth-order valence-corrected chi connectivity index (χ4v) is 1.83. The number of halogens is 2. The van der Waals surface area contributed by atoms with Crippen LogP contribution in [0.3, 0.4) is 0 Å². The molecule has 0 aliphatic carbocycles. The van der Waals surface area contributed by atoms with Crippen LogP contribution in [0.25, 0.3) is 0 Å². The van der Waals surface area contributed by atoms with E-state index in [1.54, 1.807) is 24.5 Å². The molecule has 0 amide bonds. The summed E-state index contributed by atoms with van der Waals surface area (Å²) in [5.41, 5.74) is 0. The maximum absolute atomic E-state index is 5.76. The molecule has 0 bridgehead atoms. The molecule has 0 unspecified atom stereocenters. The van der Waals surface area contributed by atoms with E-state index in [0.29, 0.717) is 21.1 Å². The molecule has 0 saturated carbocycles. The van der Waals surface area contributed by atoms with Crippen LogP contribution in [0.5, 0.6) is 5.75 Å². The van der Waals surface area contributed by atoms with E-state index in [1.165, 1.54) is 11.8 Å². The third-order valence-corrected chi connectivity index (χ3v) is 2.98. The molecule has 1 heterocycles. The van der Waals surface area contributed by atoms with E-state index in [4.69, 9.17) is 27.9 Å². The van der Waals surface area contributed by atoms with Crippen LogP contribution < -0.4 is 4.74 Å². The molecule has 0 saturated heterocycles. The Kier molecular flexibility index (Phi) is 4.48. The molecule has 17 heavy (non-hydrogen) atoms. The molecule has 0 radical (unpaired) electrons. The molecule has 2 rings (SSSR count). The van der Waals surface area contributed by atoms with Crippen molar-refractivity contribution in [2.75, 3.05) is 5.94 Å². The molecular formula is C11H8Cl2N2OS. The summed E-state index contributed by atoms with van der Waals surface area (Å²) in [6.07, 6.45) is 3.11. The summed E-state index contributed by atoms with van der Waals surface area (Å²) >= 11 is 12.8. The van der Waals surface area contributed by atoms with Crippen LogP contribution in [-0.4, -0.2) is 15.9 Å². The van der Waals surface area contributed by atoms with Gasteiger partial charge in [0.15, 0.2) is 5.16 Å². The summed E-state index contributed by atoms with van der Waals surface area (Å²) in [6, 6.07) is 7.18. The Hall–Kier alpha value is -0.970. The lowest BCUT2D eigenvalue weighted by atomic mass is 10.3. The van der Waals surface area contributed by atoms with E-state index in [1.807, 2.05) is 12.1 Å². The zero-order chi connectivity index (χ0) is 12.1. The number of aromatic nitrogens is 2. The van der Waals surface area contributed by atoms with Gasteiger partial charge in [-0.25, -0.2) is 9.97 Å². The van der Waals surface area contributed by atoms with Gasteiger partial charge >= 0.3 is 0 Å². The first-order valence-electron chi connectivity index (χ1n) is 4.73. The van der Waals surface area contributed by atoms with Crippen LogP contribution in [0.2, 0.25) is 10.0 Å². The van der Waals surface area contributed by atoms with Crippen LogP contribution >= 0.6 is 35.0 Å². The maximum Gasteiger partial charge on any atom is 0.190 e. The third kappa shape index (κ3) is 4.07. The molecule has 1 aromatic carbocycles. The molecule has 0 N–H and O–H groups in total. The van der Waals surface area contributed by atoms with Gasteiger partial charge in [-0.2, -0.15) is 0 Å². The Labute approximate surface area is 113 Å². The summed E-state index contributed by atoms with van der Waals surface area (Å²) in [5.74, 6) is 1.19. The predicted octanol–water partition coefficient (Wildman–Crippen LogP) is 3.91. The van der Waals surface area contributed by atoms with Gasteiger partial charge in [-0.3, -0.25) is 0 Å². The van der Waals surface area contributed by atoms with E-state index in [9.17, 15) is 0 Å². The van der Waals surface area contributed by atoms with Gasteiger partial charge in [-0.15, -0.1) is 0 Å². The predicted molar refractivity (Wildman–Crippen MR) is 69.8 cm³/mol. The number of rotatable bonds is 4. The summed E-state index contributed by atoms with van der Waals surface area (Å²) < 4.78 is 5.49. The van der Waals surface area contributed by atoms with Crippen molar-refractivity contribution in [1.82, 2.24) is 9.97 Å². The van der Waals surface area contributed by atoms with Gasteiger partial charge < -0.3 is 4.74 Å². The second-order valence-corrected chi connectivity index (χ2v) is 4.81. The van der Waals surface area contributed by atoms with Crippen LogP contribution in [0.4, 0.5) is 0 Å². The van der Waals surface area contributed by atoms with Gasteiger partial charge in [0, 0.05) is 5.02 Å². The number of ether oxygens (including phenoxy) is 1. The highest BCUT2D eigenvalue weighted by atomic mass is 35.5. The molecule has 88 valence electrons. The highest BCUT2D eigenvalue weighted by Gasteiger charge is 1.99. The van der Waals surface area contributed by atoms with Crippen LogP contribution in [0.15, 0.2) is 41.8 Å². The molecular weight excluding hydrogens is 279 g/mol. The normalized spacial score (nSPS) is 10.2. The van der Waals surface area contributed by atoms with Gasteiger partial charge in [0.1, 0.15) is 11.7 Å². The Morgan fingerprint density at radius 3 is 2.29 bits per heavy atom. The van der Waals surface area contributed by atoms with Crippen molar-refractivity contribution in [3.8, 4) is 5.75 Å². The number of benzene rings is 1. The van der Waals surface area contributed by atoms with E-state index in [2.05, 4.69) is 9.97 Å². The molecule has 3 nitrogen and oxygen atoms in total. The Morgan fingerprint density at radius 1 is 1.00 bits per heavy atom. The molecule has 1 aromatic heterocycles. The molecule has 2 aromatic rings. The summed E-state index contributed by atoms with van der Waals surface area (Å²) in [4.78, 5) is 8.08. The van der Waals surface area contributed by atoms with Gasteiger partial charge in [0.05, 0.1) is 17.4 Å². The lowest BCUT2D eigenvalue weighted by Crippen LogP contribution is -1.94. The zero-order valence-electron chi connectivity index (χ0n) is 8.64. The fraction of sp³-hybridized carbons (Fsp3) is 0.0909. The Bertz CT molecular complexity index is 430. The largest absolute Gasteiger partial charge is 0.483 e. The number of hydrogen-bond acceptors (Lipinski definition) is 4. The van der Waals surface area contributed by atoms with E-state index < -0.39 is 0 Å². The van der Waals surface area contributed by atoms with Crippen LogP contribution in [0, 0.1) is 0 Å². The third-order valence-electron chi connectivity index (χ3n) is 1.82. The minimum atomic E-state index is 0.434. The SMILES string of the molecule is Clc1ccc(OCSc2ncc(Cl)cn2)cc1. The first kappa shape index (κ1) is 12.5. The monoisotopic (exact) mass is 286 g/mol. The minimum Gasteiger partial charge on any atom is -0.483 e. The lowest BCUT2D eigenvalue weighted by Gasteiger charge is -2.04. The summed E-state index contributed by atoms with van der Waals surface area (Å²) in [5, 5.41) is 1.84. The van der Waals surface area contributed by atoms with Crippen molar-refractivity contribution in [3.05, 3.63) is 46.7 Å². The zero-order valence-corrected chi connectivity index (χ0v) is 11.0. The average Bonchev–Trinajstić information content (AvgIpc) is 2.34. The topological polar surface area (TPSA) is 35.0 Å². The Morgan fingerprint density at radius 2 is 1.65 bits per heavy atom. The highest BCUT2D eigenvalue weighted by molar-refractivity contribution is 7.99. The molecule has 0 aliphatic heterocycles. The second kappa shape index (κ2) is 6.10. The van der Waals surface area contributed by atoms with Crippen molar-refractivity contribution >= 4 is 35.0 Å². The van der Waals surface area contributed by atoms with Crippen molar-refractivity contribution in [1.29, 1.82) is 0 Å². The highest BCUT2D eigenvalue weighted by Crippen LogP contribution is 2.19. The quantitative estimate of drug-likeness (QED) is 0.485. The fourth-order valence-electron chi connectivity index (χ4n) is 1.06. The smallest absolute Gasteiger partial charge is 0.190 e. The second-order valence-electron chi connectivity index (χ2n) is 3.04. The van der Waals surface area contributed by atoms with E-state index in [0.717, 1.165) is 5.75 Å². The van der Waals surface area contributed by atoms with Crippen molar-refractivity contribution in [2.45, 2.75) is 5.16 Å². The lowest BCUT2D eigenvalue weighted by molar-refractivity contribution is 0.392. The Balaban J connectivity index is 1.83. The number of hydrogen-bond donors (Lipinski definition) is 0. The standard InChI is InChI=1S/C11H8Cl2N2OS/c12-8-1-3-10(4-2-8)16-7-17-11-14-5-9(13)6-15-11/h1-6H,7H2. The summed E-state index contributed by atoms with van der Waals surface area (Å²) in [6.45, 7) is 0. The van der Waals surface area contributed by atoms with Gasteiger partial charge in [0.25, 0.3) is 0 Å². The molecule has 6 heteroatoms. The number of thioether (sulfide) groups is 1.